The lowest BCUT2D eigenvalue weighted by Gasteiger charge is -2.09. The second-order valence-electron chi connectivity index (χ2n) is 3.83. The fourth-order valence-corrected chi connectivity index (χ4v) is 2.22. The molecule has 0 atom stereocenters. The Hall–Kier alpha value is -1.76. The van der Waals surface area contributed by atoms with E-state index in [9.17, 15) is 0 Å². The monoisotopic (exact) mass is 291 g/mol. The number of nitrogens with two attached hydrogens (primary N) is 1. The lowest BCUT2D eigenvalue weighted by Crippen LogP contribution is -2.01. The third-order valence-electron chi connectivity index (χ3n) is 2.59. The van der Waals surface area contributed by atoms with Gasteiger partial charge in [-0.05, 0) is 36.2 Å². The Morgan fingerprint density at radius 3 is 2.74 bits per heavy atom. The molecule has 2 heterocycles. The molecular weight excluding hydrogens is 282 g/mol. The van der Waals surface area contributed by atoms with E-state index in [-0.39, 0.29) is 0 Å². The molecule has 0 radical (unpaired) electrons. The average Bonchev–Trinajstić information content (AvgIpc) is 2.88. The predicted molar refractivity (Wildman–Crippen MR) is 77.8 cm³/mol. The lowest BCUT2D eigenvalue weighted by molar-refractivity contribution is 0.947. The molecule has 0 aliphatic rings. The number of anilines is 2. The number of hydrogen-bond acceptors (Lipinski definition) is 5. The van der Waals surface area contributed by atoms with E-state index in [4.69, 9.17) is 16.7 Å². The molecule has 96 valence electrons. The molecule has 19 heavy (non-hydrogen) atoms. The molecule has 0 amide bonds. The van der Waals surface area contributed by atoms with Crippen LogP contribution in [0.1, 0.15) is 0 Å². The van der Waals surface area contributed by atoms with Gasteiger partial charge in [-0.3, -0.25) is 5.14 Å². The van der Waals surface area contributed by atoms with Crippen LogP contribution in [-0.4, -0.2) is 14.6 Å². The lowest BCUT2D eigenvalue weighted by atomic mass is 10.3. The second-order valence-corrected chi connectivity index (χ2v) is 4.93. The second kappa shape index (κ2) is 5.08. The van der Waals surface area contributed by atoms with Crippen molar-refractivity contribution in [2.45, 2.75) is 4.90 Å². The highest BCUT2D eigenvalue weighted by atomic mass is 35.5. The first-order chi connectivity index (χ1) is 9.26. The van der Waals surface area contributed by atoms with Crippen LogP contribution in [0.15, 0.2) is 47.5 Å². The van der Waals surface area contributed by atoms with E-state index >= 15 is 0 Å². The van der Waals surface area contributed by atoms with Crippen molar-refractivity contribution < 1.29 is 0 Å². The van der Waals surface area contributed by atoms with Crippen LogP contribution >= 0.6 is 23.5 Å². The van der Waals surface area contributed by atoms with Crippen LogP contribution in [0.3, 0.4) is 0 Å². The zero-order valence-corrected chi connectivity index (χ0v) is 11.3. The predicted octanol–water partition coefficient (Wildman–Crippen LogP) is 3.09. The van der Waals surface area contributed by atoms with Crippen molar-refractivity contribution in [2.24, 2.45) is 5.14 Å². The van der Waals surface area contributed by atoms with Gasteiger partial charge in [0.25, 0.3) is 0 Å². The smallest absolute Gasteiger partial charge is 0.159 e. The van der Waals surface area contributed by atoms with Gasteiger partial charge >= 0.3 is 0 Å². The van der Waals surface area contributed by atoms with Crippen molar-refractivity contribution in [1.82, 2.24) is 14.6 Å². The van der Waals surface area contributed by atoms with Gasteiger partial charge in [0.1, 0.15) is 11.0 Å². The van der Waals surface area contributed by atoms with Crippen LogP contribution in [0, 0.1) is 0 Å². The number of fused-ring (bicyclic) bond motifs is 1. The summed E-state index contributed by atoms with van der Waals surface area (Å²) in [5.74, 6) is 0.758. The molecule has 0 unspecified atom stereocenters. The summed E-state index contributed by atoms with van der Waals surface area (Å²) in [4.78, 5) is 5.17. The maximum absolute atomic E-state index is 5.98. The highest BCUT2D eigenvalue weighted by Gasteiger charge is 2.05. The molecule has 3 aromatic rings. The quantitative estimate of drug-likeness (QED) is 0.573. The fraction of sp³-hybridized carbons (Fsp3) is 0. The molecular formula is C12H10ClN5S. The number of nitrogens with one attached hydrogen (secondary N) is 1. The summed E-state index contributed by atoms with van der Waals surface area (Å²) < 4.78 is 1.69. The Morgan fingerprint density at radius 1 is 1.21 bits per heavy atom. The van der Waals surface area contributed by atoms with E-state index in [2.05, 4.69) is 15.4 Å². The van der Waals surface area contributed by atoms with Crippen LogP contribution in [0.5, 0.6) is 0 Å². The van der Waals surface area contributed by atoms with Crippen molar-refractivity contribution in [3.8, 4) is 0 Å². The van der Waals surface area contributed by atoms with E-state index in [0.29, 0.717) is 10.8 Å². The number of benzene rings is 1. The molecule has 7 heteroatoms. The van der Waals surface area contributed by atoms with Crippen molar-refractivity contribution >= 4 is 40.7 Å². The van der Waals surface area contributed by atoms with Gasteiger partial charge in [0, 0.05) is 22.7 Å². The van der Waals surface area contributed by atoms with Crippen molar-refractivity contribution in [3.63, 3.8) is 0 Å². The van der Waals surface area contributed by atoms with E-state index < -0.39 is 0 Å². The maximum Gasteiger partial charge on any atom is 0.159 e. The van der Waals surface area contributed by atoms with E-state index in [1.54, 1.807) is 22.8 Å². The van der Waals surface area contributed by atoms with Gasteiger partial charge < -0.3 is 5.32 Å². The summed E-state index contributed by atoms with van der Waals surface area (Å²) in [6, 6.07) is 11.3. The highest BCUT2D eigenvalue weighted by Crippen LogP contribution is 2.22. The minimum Gasteiger partial charge on any atom is -0.340 e. The molecule has 3 rings (SSSR count). The SMILES string of the molecule is NSc1ccc(Nc2cc(Cl)nc3ccnn23)cc1. The van der Waals surface area contributed by atoms with Gasteiger partial charge in [0.15, 0.2) is 5.65 Å². The molecule has 0 aliphatic carbocycles. The Morgan fingerprint density at radius 2 is 2.00 bits per heavy atom. The molecule has 0 saturated carbocycles. The first-order valence-electron chi connectivity index (χ1n) is 5.50. The van der Waals surface area contributed by atoms with Crippen LogP contribution in [0.4, 0.5) is 11.5 Å². The van der Waals surface area contributed by atoms with Crippen molar-refractivity contribution in [2.75, 3.05) is 5.32 Å². The maximum atomic E-state index is 5.98. The van der Waals surface area contributed by atoms with Gasteiger partial charge in [-0.1, -0.05) is 11.6 Å². The molecule has 3 N–H and O–H groups in total. The number of hydrogen-bond donors (Lipinski definition) is 2. The van der Waals surface area contributed by atoms with Gasteiger partial charge in [0.2, 0.25) is 0 Å². The first kappa shape index (κ1) is 12.3. The standard InChI is InChI=1S/C12H10ClN5S/c13-10-7-12(18-11(17-10)5-6-15-18)16-8-1-3-9(19-14)4-2-8/h1-7,16H,14H2. The summed E-state index contributed by atoms with van der Waals surface area (Å²) in [6.45, 7) is 0. The summed E-state index contributed by atoms with van der Waals surface area (Å²) in [5, 5.41) is 13.4. The summed E-state index contributed by atoms with van der Waals surface area (Å²) in [6.07, 6.45) is 1.68. The third kappa shape index (κ3) is 2.51. The van der Waals surface area contributed by atoms with Crippen LogP contribution in [0.25, 0.3) is 5.65 Å². The van der Waals surface area contributed by atoms with E-state index in [1.807, 2.05) is 24.3 Å². The number of rotatable bonds is 3. The summed E-state index contributed by atoms with van der Waals surface area (Å²) in [5.41, 5.74) is 1.63. The molecule has 0 saturated heterocycles. The van der Waals surface area contributed by atoms with Gasteiger partial charge in [-0.2, -0.15) is 9.61 Å². The molecule has 1 aromatic carbocycles. The van der Waals surface area contributed by atoms with Gasteiger partial charge in [-0.25, -0.2) is 4.98 Å². The fourth-order valence-electron chi connectivity index (χ4n) is 1.74. The van der Waals surface area contributed by atoms with Crippen LogP contribution in [-0.2, 0) is 0 Å². The van der Waals surface area contributed by atoms with E-state index in [1.165, 1.54) is 11.9 Å². The minimum atomic E-state index is 0.421. The minimum absolute atomic E-state index is 0.421. The normalized spacial score (nSPS) is 10.8. The van der Waals surface area contributed by atoms with Crippen LogP contribution in [0.2, 0.25) is 5.15 Å². The topological polar surface area (TPSA) is 68.2 Å². The molecule has 0 bridgehead atoms. The summed E-state index contributed by atoms with van der Waals surface area (Å²) in [7, 11) is 0. The van der Waals surface area contributed by atoms with Crippen LogP contribution < -0.4 is 10.5 Å². The Bertz CT molecular complexity index is 710. The highest BCUT2D eigenvalue weighted by molar-refractivity contribution is 7.97. The molecule has 5 nitrogen and oxygen atoms in total. The molecule has 0 fully saturated rings. The zero-order valence-electron chi connectivity index (χ0n) is 9.75. The average molecular weight is 292 g/mol. The number of aromatic nitrogens is 3. The Labute approximate surface area is 118 Å². The first-order valence-corrected chi connectivity index (χ1v) is 6.76. The largest absolute Gasteiger partial charge is 0.340 e. The molecule has 0 spiro atoms. The zero-order chi connectivity index (χ0) is 13.2. The molecule has 0 aliphatic heterocycles. The van der Waals surface area contributed by atoms with Crippen molar-refractivity contribution in [1.29, 1.82) is 0 Å². The molecule has 2 aromatic heterocycles. The van der Waals surface area contributed by atoms with Gasteiger partial charge in [0.05, 0.1) is 6.20 Å². The third-order valence-corrected chi connectivity index (χ3v) is 3.33. The Kier molecular flexibility index (Phi) is 3.29. The Balaban J connectivity index is 1.97. The number of halogens is 1. The van der Waals surface area contributed by atoms with Gasteiger partial charge in [-0.15, -0.1) is 0 Å². The van der Waals surface area contributed by atoms with E-state index in [0.717, 1.165) is 16.4 Å². The van der Waals surface area contributed by atoms with Crippen molar-refractivity contribution in [3.05, 3.63) is 47.7 Å². The summed E-state index contributed by atoms with van der Waals surface area (Å²) >= 11 is 7.20. The number of nitrogens with zero attached hydrogens (tertiary/aromatic N) is 3.